The van der Waals surface area contributed by atoms with Gasteiger partial charge in [0.05, 0.1) is 11.8 Å². The summed E-state index contributed by atoms with van der Waals surface area (Å²) in [4.78, 5) is 25.6. The van der Waals surface area contributed by atoms with Crippen molar-refractivity contribution in [2.24, 2.45) is 10.7 Å². The maximum atomic E-state index is 11.2. The van der Waals surface area contributed by atoms with Gasteiger partial charge in [0, 0.05) is 10.8 Å². The van der Waals surface area contributed by atoms with E-state index in [1.807, 2.05) is 50.3 Å². The van der Waals surface area contributed by atoms with Gasteiger partial charge in [-0.1, -0.05) is 18.2 Å². The van der Waals surface area contributed by atoms with Crippen LogP contribution >= 0.6 is 0 Å². The summed E-state index contributed by atoms with van der Waals surface area (Å²) in [6, 6.07) is 14.6. The molecule has 0 spiro atoms. The van der Waals surface area contributed by atoms with E-state index in [4.69, 9.17) is 10.5 Å². The number of amides is 2. The van der Waals surface area contributed by atoms with Crippen LogP contribution in [0, 0.1) is 0 Å². The number of hydrogen-bond acceptors (Lipinski definition) is 3. The maximum absolute atomic E-state index is 11.2. The number of benzene rings is 2. The van der Waals surface area contributed by atoms with Gasteiger partial charge in [0.25, 0.3) is 5.91 Å². The first-order valence-corrected chi connectivity index (χ1v) is 8.32. The maximum Gasteiger partial charge on any atom is 0.250 e. The Morgan fingerprint density at radius 2 is 1.88 bits per heavy atom. The second kappa shape index (κ2) is 6.96. The van der Waals surface area contributed by atoms with E-state index in [-0.39, 0.29) is 17.4 Å². The quantitative estimate of drug-likeness (QED) is 0.851. The van der Waals surface area contributed by atoms with Gasteiger partial charge in [-0.2, -0.15) is 0 Å². The zero-order valence-corrected chi connectivity index (χ0v) is 14.7. The van der Waals surface area contributed by atoms with Crippen molar-refractivity contribution in [3.63, 3.8) is 0 Å². The largest absolute Gasteiger partial charge is 0.483 e. The average molecular weight is 348 g/mol. The van der Waals surface area contributed by atoms with Crippen LogP contribution in [-0.2, 0) is 16.0 Å². The Labute approximate surface area is 151 Å². The van der Waals surface area contributed by atoms with E-state index >= 15 is 0 Å². The minimum atomic E-state index is -0.379. The van der Waals surface area contributed by atoms with Crippen molar-refractivity contribution >= 4 is 17.6 Å². The zero-order valence-electron chi connectivity index (χ0n) is 14.7. The molecule has 2 amide bonds. The Kier molecular flexibility index (Phi) is 4.71. The Hall–Kier alpha value is -3.21. The predicted molar refractivity (Wildman–Crippen MR) is 98.6 cm³/mol. The molecule has 0 saturated carbocycles. The van der Waals surface area contributed by atoms with Crippen molar-refractivity contribution in [2.45, 2.75) is 25.9 Å². The number of nitrogens with zero attached hydrogens (tertiary/aromatic N) is 1. The molecule has 2 aromatic rings. The molecular formula is C21H20N2O3. The van der Waals surface area contributed by atoms with Gasteiger partial charge in [0.15, 0.2) is 0 Å². The van der Waals surface area contributed by atoms with Crippen LogP contribution in [0.25, 0.3) is 5.76 Å². The molecule has 2 N–H and O–H groups in total. The summed E-state index contributed by atoms with van der Waals surface area (Å²) < 4.78 is 5.81. The summed E-state index contributed by atoms with van der Waals surface area (Å²) >= 11 is 0. The van der Waals surface area contributed by atoms with E-state index in [1.54, 1.807) is 24.3 Å². The molecule has 26 heavy (non-hydrogen) atoms. The number of carbonyl (C=O) groups excluding carboxylic acids is 2. The highest BCUT2D eigenvalue weighted by molar-refractivity contribution is 5.92. The molecule has 0 fully saturated rings. The molecule has 2 aliphatic rings. The first-order valence-electron chi connectivity index (χ1n) is 8.32. The highest BCUT2D eigenvalue weighted by Gasteiger charge is 2.22. The standard InChI is InChI=1S/C14H13NO2.C7H7NO/c1-14(2)6-5-12(17-14)9-3-4-11-10(7-9)8-13(16)15-11;8-7(9)6-4-2-1-3-5-6/h3-7H,8H2,1-2H3;1-5H,(H2,8,9)/b12-9+;. The smallest absolute Gasteiger partial charge is 0.250 e. The molecule has 5 nitrogen and oxygen atoms in total. The number of fused-ring (bicyclic) bond motifs is 1. The summed E-state index contributed by atoms with van der Waals surface area (Å²) in [7, 11) is 0. The second-order valence-electron chi connectivity index (χ2n) is 6.66. The van der Waals surface area contributed by atoms with E-state index in [2.05, 4.69) is 4.99 Å². The third kappa shape index (κ3) is 4.06. The third-order valence-electron chi connectivity index (χ3n) is 4.02. The molecule has 2 heterocycles. The number of ether oxygens (including phenoxy) is 1. The Balaban J connectivity index is 0.000000185. The van der Waals surface area contributed by atoms with Crippen LogP contribution in [0.5, 0.6) is 0 Å². The number of hydrogen-bond donors (Lipinski definition) is 1. The fraction of sp³-hybridized carbons (Fsp3) is 0.190. The SMILES string of the molecule is CC1(C)C=C/C(=c2/ccc3c(c2)CC(=O)N=3)O1.NC(=O)c1ccccc1. The molecule has 0 saturated heterocycles. The predicted octanol–water partition coefficient (Wildman–Crippen LogP) is 1.65. The van der Waals surface area contributed by atoms with Crippen molar-refractivity contribution in [3.05, 3.63) is 82.4 Å². The van der Waals surface area contributed by atoms with Crippen LogP contribution in [0.1, 0.15) is 29.8 Å². The van der Waals surface area contributed by atoms with Gasteiger partial charge in [-0.05, 0) is 61.9 Å². The Bertz CT molecular complexity index is 1010. The van der Waals surface area contributed by atoms with Crippen LogP contribution in [0.3, 0.4) is 0 Å². The van der Waals surface area contributed by atoms with Gasteiger partial charge in [-0.25, -0.2) is 4.99 Å². The first kappa shape index (κ1) is 17.6. The Morgan fingerprint density at radius 1 is 1.15 bits per heavy atom. The van der Waals surface area contributed by atoms with E-state index < -0.39 is 0 Å². The summed E-state index contributed by atoms with van der Waals surface area (Å²) in [5.74, 6) is 0.415. The van der Waals surface area contributed by atoms with Gasteiger partial charge in [0.2, 0.25) is 5.91 Å². The first-order chi connectivity index (χ1) is 12.3. The molecule has 0 radical (unpaired) electrons. The van der Waals surface area contributed by atoms with Crippen LogP contribution in [0.4, 0.5) is 0 Å². The highest BCUT2D eigenvalue weighted by Crippen LogP contribution is 2.24. The summed E-state index contributed by atoms with van der Waals surface area (Å²) in [5, 5.41) is 1.80. The molecule has 0 aliphatic carbocycles. The van der Waals surface area contributed by atoms with Gasteiger partial charge in [-0.3, -0.25) is 9.59 Å². The van der Waals surface area contributed by atoms with E-state index in [9.17, 15) is 9.59 Å². The lowest BCUT2D eigenvalue weighted by Gasteiger charge is -2.16. The van der Waals surface area contributed by atoms with Crippen molar-refractivity contribution < 1.29 is 14.3 Å². The fourth-order valence-corrected chi connectivity index (χ4v) is 2.71. The molecule has 0 bridgehead atoms. The molecule has 2 aromatic carbocycles. The zero-order chi connectivity index (χ0) is 18.7. The average Bonchev–Trinajstić information content (AvgIpc) is 3.16. The second-order valence-corrected chi connectivity index (χ2v) is 6.66. The number of rotatable bonds is 1. The van der Waals surface area contributed by atoms with Crippen LogP contribution in [0.15, 0.2) is 65.7 Å². The molecular weight excluding hydrogens is 328 g/mol. The molecule has 132 valence electrons. The summed E-state index contributed by atoms with van der Waals surface area (Å²) in [5.41, 5.74) is 6.27. The molecule has 5 heteroatoms. The van der Waals surface area contributed by atoms with Crippen molar-refractivity contribution in [1.82, 2.24) is 0 Å². The third-order valence-corrected chi connectivity index (χ3v) is 4.02. The van der Waals surface area contributed by atoms with Crippen LogP contribution < -0.4 is 16.3 Å². The molecule has 2 aliphatic heterocycles. The number of carbonyl (C=O) groups is 2. The topological polar surface area (TPSA) is 81.8 Å². The van der Waals surface area contributed by atoms with E-state index in [0.717, 1.165) is 21.9 Å². The summed E-state index contributed by atoms with van der Waals surface area (Å²) in [6.07, 6.45) is 4.42. The van der Waals surface area contributed by atoms with Gasteiger partial charge < -0.3 is 10.5 Å². The normalized spacial score (nSPS) is 18.3. The Morgan fingerprint density at radius 3 is 2.46 bits per heavy atom. The van der Waals surface area contributed by atoms with E-state index in [0.29, 0.717) is 12.0 Å². The van der Waals surface area contributed by atoms with Gasteiger partial charge >= 0.3 is 0 Å². The minimum Gasteiger partial charge on any atom is -0.483 e. The van der Waals surface area contributed by atoms with Crippen LogP contribution in [0.2, 0.25) is 0 Å². The fourth-order valence-electron chi connectivity index (χ4n) is 2.71. The van der Waals surface area contributed by atoms with Crippen molar-refractivity contribution in [1.29, 1.82) is 0 Å². The van der Waals surface area contributed by atoms with Crippen molar-refractivity contribution in [3.8, 4) is 0 Å². The van der Waals surface area contributed by atoms with Gasteiger partial charge in [-0.15, -0.1) is 0 Å². The molecule has 0 aromatic heterocycles. The van der Waals surface area contributed by atoms with Gasteiger partial charge in [0.1, 0.15) is 11.4 Å². The number of primary amides is 1. The van der Waals surface area contributed by atoms with E-state index in [1.165, 1.54) is 0 Å². The molecule has 0 unspecified atom stereocenters. The highest BCUT2D eigenvalue weighted by atomic mass is 16.5. The summed E-state index contributed by atoms with van der Waals surface area (Å²) in [6.45, 7) is 4.03. The monoisotopic (exact) mass is 348 g/mol. The number of nitrogens with two attached hydrogens (primary N) is 1. The lowest BCUT2D eigenvalue weighted by atomic mass is 10.1. The van der Waals surface area contributed by atoms with Crippen molar-refractivity contribution in [2.75, 3.05) is 0 Å². The molecule has 0 atom stereocenters. The lowest BCUT2D eigenvalue weighted by Crippen LogP contribution is -2.19. The molecule has 4 rings (SSSR count). The minimum absolute atomic E-state index is 0.0645. The lowest BCUT2D eigenvalue weighted by molar-refractivity contribution is -0.116. The van der Waals surface area contributed by atoms with Crippen LogP contribution in [-0.4, -0.2) is 17.4 Å².